The Bertz CT molecular complexity index is 149. The van der Waals surface area contributed by atoms with Gasteiger partial charge in [-0.05, 0) is 6.92 Å². The molecule has 0 spiro atoms. The Hall–Kier alpha value is -0.610. The summed E-state index contributed by atoms with van der Waals surface area (Å²) in [5.74, 6) is -0.0745. The summed E-state index contributed by atoms with van der Waals surface area (Å²) < 4.78 is 4.88. The molecule has 0 aromatic rings. The van der Waals surface area contributed by atoms with Gasteiger partial charge >= 0.3 is 0 Å². The molecular formula is C7H12NO3. The Morgan fingerprint density at radius 3 is 3.09 bits per heavy atom. The second-order valence-corrected chi connectivity index (χ2v) is 2.47. The van der Waals surface area contributed by atoms with E-state index in [-0.39, 0.29) is 11.9 Å². The highest BCUT2D eigenvalue weighted by Gasteiger charge is 2.26. The van der Waals surface area contributed by atoms with Gasteiger partial charge in [-0.2, -0.15) is 0 Å². The summed E-state index contributed by atoms with van der Waals surface area (Å²) in [4.78, 5) is 16.0. The normalized spacial score (nSPS) is 20.9. The number of carbonyl (C=O) groups excluding carboxylic acids is 1. The predicted molar refractivity (Wildman–Crippen MR) is 38.4 cm³/mol. The second-order valence-electron chi connectivity index (χ2n) is 2.47. The van der Waals surface area contributed by atoms with E-state index < -0.39 is 0 Å². The molecule has 0 bridgehead atoms. The van der Waals surface area contributed by atoms with E-state index in [2.05, 4.69) is 0 Å². The van der Waals surface area contributed by atoms with Crippen LogP contribution in [0.4, 0.5) is 0 Å². The molecule has 1 aliphatic heterocycles. The molecule has 0 N–H and O–H groups in total. The van der Waals surface area contributed by atoms with Crippen LogP contribution < -0.4 is 0 Å². The van der Waals surface area contributed by atoms with Crippen molar-refractivity contribution in [3.8, 4) is 0 Å². The van der Waals surface area contributed by atoms with Gasteiger partial charge in [-0.1, -0.05) is 0 Å². The highest BCUT2D eigenvalue weighted by Crippen LogP contribution is 2.09. The van der Waals surface area contributed by atoms with E-state index in [1.807, 2.05) is 6.92 Å². The van der Waals surface area contributed by atoms with Crippen molar-refractivity contribution in [2.75, 3.05) is 20.3 Å². The molecule has 4 nitrogen and oxygen atoms in total. The van der Waals surface area contributed by atoms with Gasteiger partial charge in [-0.15, -0.1) is 0 Å². The lowest BCUT2D eigenvalue weighted by molar-refractivity contribution is -0.176. The van der Waals surface area contributed by atoms with Crippen LogP contribution in [0.25, 0.3) is 0 Å². The summed E-state index contributed by atoms with van der Waals surface area (Å²) in [6.07, 6.45) is 1.51. The first kappa shape index (κ1) is 8.49. The van der Waals surface area contributed by atoms with E-state index >= 15 is 0 Å². The van der Waals surface area contributed by atoms with Crippen molar-refractivity contribution in [2.45, 2.75) is 13.0 Å². The first-order chi connectivity index (χ1) is 5.25. The summed E-state index contributed by atoms with van der Waals surface area (Å²) in [6, 6.07) is -0.00810. The van der Waals surface area contributed by atoms with Crippen LogP contribution in [0.15, 0.2) is 0 Å². The number of ether oxygens (including phenoxy) is 1. The lowest BCUT2D eigenvalue weighted by Gasteiger charge is -2.21. The number of nitrogens with zero attached hydrogens (tertiary/aromatic N) is 1. The number of hydrogen-bond acceptors (Lipinski definition) is 3. The summed E-state index contributed by atoms with van der Waals surface area (Å²) in [7, 11) is 1.60. The fourth-order valence-corrected chi connectivity index (χ4v) is 0.996. The standard InChI is InChI=1S/C7H12NO3/c1-6(5-10-2)8-7(9)3-4-11-8/h3,6H,4-5H2,1-2H3. The minimum absolute atomic E-state index is 0.00810. The smallest absolute Gasteiger partial charge is 0.252 e. The third-order valence-corrected chi connectivity index (χ3v) is 1.50. The average molecular weight is 158 g/mol. The Labute approximate surface area is 66.0 Å². The molecule has 1 rings (SSSR count). The Morgan fingerprint density at radius 2 is 2.64 bits per heavy atom. The van der Waals surface area contributed by atoms with Gasteiger partial charge in [0.1, 0.15) is 0 Å². The fraction of sp³-hybridized carbons (Fsp3) is 0.714. The van der Waals surface area contributed by atoms with E-state index in [1.165, 1.54) is 11.5 Å². The number of hydroxylamine groups is 2. The maximum atomic E-state index is 11.0. The number of rotatable bonds is 3. The van der Waals surface area contributed by atoms with E-state index in [0.717, 1.165) is 0 Å². The molecule has 1 atom stereocenters. The van der Waals surface area contributed by atoms with Gasteiger partial charge in [-0.25, -0.2) is 5.06 Å². The highest BCUT2D eigenvalue weighted by molar-refractivity contribution is 5.85. The van der Waals surface area contributed by atoms with Crippen LogP contribution >= 0.6 is 0 Å². The zero-order valence-corrected chi connectivity index (χ0v) is 6.74. The Morgan fingerprint density at radius 1 is 1.91 bits per heavy atom. The molecule has 1 aliphatic rings. The Kier molecular flexibility index (Phi) is 2.84. The summed E-state index contributed by atoms with van der Waals surface area (Å²) in [5.41, 5.74) is 0. The first-order valence-corrected chi connectivity index (χ1v) is 3.54. The molecule has 1 heterocycles. The van der Waals surface area contributed by atoms with Crippen molar-refractivity contribution in [3.05, 3.63) is 6.42 Å². The Balaban J connectivity index is 2.39. The van der Waals surface area contributed by atoms with Gasteiger partial charge in [-0.3, -0.25) is 9.63 Å². The van der Waals surface area contributed by atoms with Crippen LogP contribution in [-0.2, 0) is 14.4 Å². The average Bonchev–Trinajstić information content (AvgIpc) is 2.36. The maximum Gasteiger partial charge on any atom is 0.252 e. The molecular weight excluding hydrogens is 146 g/mol. The molecule has 4 heteroatoms. The minimum Gasteiger partial charge on any atom is -0.382 e. The molecule has 1 radical (unpaired) electrons. The quantitative estimate of drug-likeness (QED) is 0.580. The van der Waals surface area contributed by atoms with Crippen LogP contribution in [0.3, 0.4) is 0 Å². The molecule has 1 saturated heterocycles. The minimum atomic E-state index is -0.0745. The van der Waals surface area contributed by atoms with E-state index in [4.69, 9.17) is 9.57 Å². The van der Waals surface area contributed by atoms with Crippen LogP contribution in [0.5, 0.6) is 0 Å². The molecule has 1 fully saturated rings. The maximum absolute atomic E-state index is 11.0. The number of carbonyl (C=O) groups is 1. The van der Waals surface area contributed by atoms with Crippen molar-refractivity contribution >= 4 is 5.91 Å². The van der Waals surface area contributed by atoms with Gasteiger partial charge in [0, 0.05) is 7.11 Å². The molecule has 0 saturated carbocycles. The fourth-order valence-electron chi connectivity index (χ4n) is 0.996. The number of hydrogen-bond donors (Lipinski definition) is 0. The monoisotopic (exact) mass is 158 g/mol. The third kappa shape index (κ3) is 1.91. The van der Waals surface area contributed by atoms with Crippen molar-refractivity contribution < 1.29 is 14.4 Å². The van der Waals surface area contributed by atoms with Gasteiger partial charge in [0.05, 0.1) is 25.7 Å². The van der Waals surface area contributed by atoms with Crippen LogP contribution in [0, 0.1) is 6.42 Å². The first-order valence-electron chi connectivity index (χ1n) is 3.54. The van der Waals surface area contributed by atoms with Gasteiger partial charge in [0.15, 0.2) is 0 Å². The van der Waals surface area contributed by atoms with Crippen molar-refractivity contribution in [1.29, 1.82) is 0 Å². The molecule has 0 aromatic carbocycles. The molecule has 1 amide bonds. The van der Waals surface area contributed by atoms with Gasteiger partial charge in [0.2, 0.25) is 0 Å². The van der Waals surface area contributed by atoms with Gasteiger partial charge in [0.25, 0.3) is 5.91 Å². The van der Waals surface area contributed by atoms with E-state index in [9.17, 15) is 4.79 Å². The zero-order chi connectivity index (χ0) is 8.27. The molecule has 11 heavy (non-hydrogen) atoms. The molecule has 1 unspecified atom stereocenters. The van der Waals surface area contributed by atoms with Crippen molar-refractivity contribution in [3.63, 3.8) is 0 Å². The summed E-state index contributed by atoms with van der Waals surface area (Å²) >= 11 is 0. The zero-order valence-electron chi connectivity index (χ0n) is 6.74. The third-order valence-electron chi connectivity index (χ3n) is 1.50. The van der Waals surface area contributed by atoms with Crippen molar-refractivity contribution in [2.24, 2.45) is 0 Å². The summed E-state index contributed by atoms with van der Waals surface area (Å²) in [6.45, 7) is 2.76. The van der Waals surface area contributed by atoms with Crippen LogP contribution in [0.2, 0.25) is 0 Å². The summed E-state index contributed by atoms with van der Waals surface area (Å²) in [5, 5.41) is 1.34. The number of amides is 1. The predicted octanol–water partition coefficient (Wildman–Crippen LogP) is -0.000610. The van der Waals surface area contributed by atoms with Crippen molar-refractivity contribution in [1.82, 2.24) is 5.06 Å². The van der Waals surface area contributed by atoms with E-state index in [1.54, 1.807) is 7.11 Å². The van der Waals surface area contributed by atoms with Crippen LogP contribution in [-0.4, -0.2) is 37.3 Å². The number of methoxy groups -OCH3 is 1. The topological polar surface area (TPSA) is 38.8 Å². The largest absolute Gasteiger partial charge is 0.382 e. The van der Waals surface area contributed by atoms with Gasteiger partial charge < -0.3 is 4.74 Å². The van der Waals surface area contributed by atoms with Crippen LogP contribution in [0.1, 0.15) is 6.92 Å². The molecule has 0 aliphatic carbocycles. The highest BCUT2D eigenvalue weighted by atomic mass is 16.7. The van der Waals surface area contributed by atoms with E-state index in [0.29, 0.717) is 13.2 Å². The molecule has 63 valence electrons. The second kappa shape index (κ2) is 3.69. The lowest BCUT2D eigenvalue weighted by atomic mass is 10.3. The lowest BCUT2D eigenvalue weighted by Crippen LogP contribution is -2.35. The SMILES string of the molecule is COCC(C)N1OC[CH]C1=O. The molecule has 0 aromatic heterocycles.